The molecule has 0 spiro atoms. The quantitative estimate of drug-likeness (QED) is 0.784. The van der Waals surface area contributed by atoms with Crippen LogP contribution in [0.1, 0.15) is 0 Å². The molecule has 0 saturated carbocycles. The topological polar surface area (TPSA) is 64.7 Å². The Balaban J connectivity index is 2.03. The second-order valence-corrected chi connectivity index (χ2v) is 5.25. The number of hydrogen-bond acceptors (Lipinski definition) is 5. The van der Waals surface area contributed by atoms with Crippen LogP contribution in [0.5, 0.6) is 0 Å². The van der Waals surface area contributed by atoms with Gasteiger partial charge in [0.25, 0.3) is 0 Å². The predicted octanol–water partition coefficient (Wildman–Crippen LogP) is 3.50. The molecule has 0 aliphatic rings. The Morgan fingerprint density at radius 2 is 1.95 bits per heavy atom. The van der Waals surface area contributed by atoms with Gasteiger partial charge in [-0.1, -0.05) is 29.8 Å². The van der Waals surface area contributed by atoms with Gasteiger partial charge in [-0.3, -0.25) is 0 Å². The van der Waals surface area contributed by atoms with Crippen LogP contribution >= 0.6 is 22.9 Å². The van der Waals surface area contributed by atoms with Crippen molar-refractivity contribution >= 4 is 28.9 Å². The SMILES string of the molecule is Nc1nccc(-c2cnc(-c3ccccc3Cl)s2)n1. The van der Waals surface area contributed by atoms with Gasteiger partial charge >= 0.3 is 0 Å². The summed E-state index contributed by atoms with van der Waals surface area (Å²) in [6, 6.07) is 9.43. The molecule has 2 N–H and O–H groups in total. The van der Waals surface area contributed by atoms with Crippen molar-refractivity contribution in [2.75, 3.05) is 5.73 Å². The maximum atomic E-state index is 6.16. The van der Waals surface area contributed by atoms with Crippen LogP contribution in [0.3, 0.4) is 0 Å². The van der Waals surface area contributed by atoms with Crippen molar-refractivity contribution in [1.29, 1.82) is 0 Å². The summed E-state index contributed by atoms with van der Waals surface area (Å²) in [6.45, 7) is 0. The molecule has 0 atom stereocenters. The Morgan fingerprint density at radius 1 is 1.11 bits per heavy atom. The van der Waals surface area contributed by atoms with E-state index in [9.17, 15) is 0 Å². The molecule has 94 valence electrons. The monoisotopic (exact) mass is 288 g/mol. The number of thiazole rings is 1. The summed E-state index contributed by atoms with van der Waals surface area (Å²) in [5.74, 6) is 0.255. The van der Waals surface area contributed by atoms with Gasteiger partial charge in [-0.05, 0) is 12.1 Å². The minimum Gasteiger partial charge on any atom is -0.368 e. The maximum absolute atomic E-state index is 6.16. The van der Waals surface area contributed by atoms with E-state index in [-0.39, 0.29) is 5.95 Å². The van der Waals surface area contributed by atoms with Crippen molar-refractivity contribution in [3.63, 3.8) is 0 Å². The van der Waals surface area contributed by atoms with Crippen LogP contribution in [0.15, 0.2) is 42.7 Å². The molecule has 0 fully saturated rings. The highest BCUT2D eigenvalue weighted by Gasteiger charge is 2.10. The van der Waals surface area contributed by atoms with Gasteiger partial charge in [-0.25, -0.2) is 15.0 Å². The number of nitrogens with two attached hydrogens (primary N) is 1. The van der Waals surface area contributed by atoms with Gasteiger partial charge in [0, 0.05) is 18.0 Å². The number of aromatic nitrogens is 3. The molecule has 0 aliphatic carbocycles. The zero-order valence-electron chi connectivity index (χ0n) is 9.75. The summed E-state index contributed by atoms with van der Waals surface area (Å²) in [5.41, 5.74) is 7.26. The molecule has 4 nitrogen and oxygen atoms in total. The standard InChI is InChI=1S/C13H9ClN4S/c14-9-4-2-1-3-8(9)12-17-7-11(19-12)10-5-6-16-13(15)18-10/h1-7H,(H2,15,16,18). The van der Waals surface area contributed by atoms with Gasteiger partial charge < -0.3 is 5.73 Å². The normalized spacial score (nSPS) is 10.6. The smallest absolute Gasteiger partial charge is 0.220 e. The molecular weight excluding hydrogens is 280 g/mol. The number of nitrogens with zero attached hydrogens (tertiary/aromatic N) is 3. The molecule has 2 aromatic heterocycles. The minimum atomic E-state index is 0.255. The third-order valence-electron chi connectivity index (χ3n) is 2.54. The summed E-state index contributed by atoms with van der Waals surface area (Å²) in [5, 5.41) is 1.54. The molecule has 0 unspecified atom stereocenters. The highest BCUT2D eigenvalue weighted by molar-refractivity contribution is 7.18. The molecule has 19 heavy (non-hydrogen) atoms. The van der Waals surface area contributed by atoms with Crippen LogP contribution in [-0.4, -0.2) is 15.0 Å². The third kappa shape index (κ3) is 2.43. The first-order valence-electron chi connectivity index (χ1n) is 5.53. The van der Waals surface area contributed by atoms with Gasteiger partial charge in [-0.15, -0.1) is 11.3 Å². The fourth-order valence-electron chi connectivity index (χ4n) is 1.66. The lowest BCUT2D eigenvalue weighted by molar-refractivity contribution is 1.19. The lowest BCUT2D eigenvalue weighted by Crippen LogP contribution is -1.93. The van der Waals surface area contributed by atoms with E-state index < -0.39 is 0 Å². The van der Waals surface area contributed by atoms with Crippen LogP contribution < -0.4 is 5.73 Å². The van der Waals surface area contributed by atoms with Gasteiger partial charge in [0.05, 0.1) is 15.6 Å². The zero-order valence-corrected chi connectivity index (χ0v) is 11.3. The van der Waals surface area contributed by atoms with Crippen molar-refractivity contribution in [3.05, 3.63) is 47.7 Å². The lowest BCUT2D eigenvalue weighted by Gasteiger charge is -1.98. The largest absolute Gasteiger partial charge is 0.368 e. The van der Waals surface area contributed by atoms with Crippen LogP contribution in [0.2, 0.25) is 5.02 Å². The summed E-state index contributed by atoms with van der Waals surface area (Å²) in [6.07, 6.45) is 3.40. The second kappa shape index (κ2) is 4.95. The highest BCUT2D eigenvalue weighted by Crippen LogP contribution is 2.34. The molecule has 3 rings (SSSR count). The number of halogens is 1. The highest BCUT2D eigenvalue weighted by atomic mass is 35.5. The number of hydrogen-bond donors (Lipinski definition) is 1. The predicted molar refractivity (Wildman–Crippen MR) is 78.0 cm³/mol. The second-order valence-electron chi connectivity index (χ2n) is 3.81. The van der Waals surface area contributed by atoms with Crippen molar-refractivity contribution in [2.45, 2.75) is 0 Å². The Hall–Kier alpha value is -1.98. The van der Waals surface area contributed by atoms with E-state index in [1.807, 2.05) is 24.3 Å². The van der Waals surface area contributed by atoms with Crippen LogP contribution in [0.25, 0.3) is 21.1 Å². The average molecular weight is 289 g/mol. The van der Waals surface area contributed by atoms with Gasteiger partial charge in [-0.2, -0.15) is 0 Å². The number of nitrogen functional groups attached to an aromatic ring is 1. The summed E-state index contributed by atoms with van der Waals surface area (Å²) in [7, 11) is 0. The maximum Gasteiger partial charge on any atom is 0.220 e. The fourth-order valence-corrected chi connectivity index (χ4v) is 2.87. The van der Waals surface area contributed by atoms with E-state index in [2.05, 4.69) is 15.0 Å². The Bertz CT molecular complexity index is 726. The first-order valence-corrected chi connectivity index (χ1v) is 6.73. The Morgan fingerprint density at radius 3 is 2.74 bits per heavy atom. The first kappa shape index (κ1) is 12.1. The third-order valence-corrected chi connectivity index (χ3v) is 3.92. The van der Waals surface area contributed by atoms with E-state index >= 15 is 0 Å². The number of anilines is 1. The van der Waals surface area contributed by atoms with Gasteiger partial charge in [0.1, 0.15) is 5.01 Å². The van der Waals surface area contributed by atoms with Crippen LogP contribution in [0.4, 0.5) is 5.95 Å². The van der Waals surface area contributed by atoms with Gasteiger partial charge in [0.15, 0.2) is 0 Å². The van der Waals surface area contributed by atoms with Crippen molar-refractivity contribution in [2.24, 2.45) is 0 Å². The molecule has 0 saturated heterocycles. The minimum absolute atomic E-state index is 0.255. The Labute approximate surface area is 118 Å². The van der Waals surface area contributed by atoms with E-state index in [4.69, 9.17) is 17.3 Å². The zero-order chi connectivity index (χ0) is 13.2. The Kier molecular flexibility index (Phi) is 3.15. The van der Waals surface area contributed by atoms with Crippen LogP contribution in [0, 0.1) is 0 Å². The first-order chi connectivity index (χ1) is 9.24. The molecule has 0 amide bonds. The molecule has 0 aliphatic heterocycles. The average Bonchev–Trinajstić information content (AvgIpc) is 2.89. The molecule has 6 heteroatoms. The van der Waals surface area contributed by atoms with Crippen molar-refractivity contribution in [1.82, 2.24) is 15.0 Å². The lowest BCUT2D eigenvalue weighted by atomic mass is 10.2. The van der Waals surface area contributed by atoms with E-state index in [0.29, 0.717) is 5.02 Å². The van der Waals surface area contributed by atoms with E-state index in [1.165, 1.54) is 11.3 Å². The van der Waals surface area contributed by atoms with Crippen molar-refractivity contribution < 1.29 is 0 Å². The van der Waals surface area contributed by atoms with Crippen molar-refractivity contribution in [3.8, 4) is 21.1 Å². The molecule has 1 aromatic carbocycles. The molecule has 3 aromatic rings. The fraction of sp³-hybridized carbons (Fsp3) is 0. The summed E-state index contributed by atoms with van der Waals surface area (Å²) >= 11 is 7.68. The molecular formula is C13H9ClN4S. The summed E-state index contributed by atoms with van der Waals surface area (Å²) < 4.78 is 0. The summed E-state index contributed by atoms with van der Waals surface area (Å²) in [4.78, 5) is 13.4. The van der Waals surface area contributed by atoms with Gasteiger partial charge in [0.2, 0.25) is 5.95 Å². The molecule has 2 heterocycles. The van der Waals surface area contributed by atoms with E-state index in [1.54, 1.807) is 18.5 Å². The van der Waals surface area contributed by atoms with Crippen LogP contribution in [-0.2, 0) is 0 Å². The molecule has 0 radical (unpaired) electrons. The molecule has 0 bridgehead atoms. The number of benzene rings is 1. The van der Waals surface area contributed by atoms with E-state index in [0.717, 1.165) is 21.1 Å². The number of rotatable bonds is 2.